The fourth-order valence-corrected chi connectivity index (χ4v) is 5.45. The van der Waals surface area contributed by atoms with E-state index in [1.807, 2.05) is 6.92 Å². The number of unbranched alkanes of at least 4 members (excludes halogenated alkanes) is 1. The summed E-state index contributed by atoms with van der Waals surface area (Å²) in [5, 5.41) is 0. The first kappa shape index (κ1) is 31.0. The van der Waals surface area contributed by atoms with Gasteiger partial charge in [0.15, 0.2) is 0 Å². The average Bonchev–Trinajstić information content (AvgIpc) is 2.55. The molecule has 0 aliphatic carbocycles. The smallest absolute Gasteiger partial charge is 0.500 e. The standard InChI is InChI=1S/C15H37N2O5SSi.CH4.ClH/c1-8-9-14-23(18,19)16(2)11-13-17(3,4)12-10-15-24(20-5,21-6)22-7;;/h8-15H2,1-7H3;1H4;1H/q+1;;/p-1. The maximum absolute atomic E-state index is 12.1. The van der Waals surface area contributed by atoms with Crippen molar-refractivity contribution in [1.29, 1.82) is 0 Å². The van der Waals surface area contributed by atoms with Gasteiger partial charge in [-0.05, 0) is 6.42 Å². The minimum Gasteiger partial charge on any atom is -1.00 e. The molecule has 10 heteroatoms. The number of nitrogens with zero attached hydrogens (tertiary/aromatic N) is 2. The number of rotatable bonds is 14. The fraction of sp³-hybridized carbons (Fsp3) is 1.00. The van der Waals surface area contributed by atoms with E-state index in [1.54, 1.807) is 28.4 Å². The lowest BCUT2D eigenvalue weighted by atomic mass is 10.3. The zero-order valence-electron chi connectivity index (χ0n) is 16.9. The van der Waals surface area contributed by atoms with Crippen molar-refractivity contribution >= 4 is 18.8 Å². The van der Waals surface area contributed by atoms with Crippen molar-refractivity contribution in [3.05, 3.63) is 0 Å². The van der Waals surface area contributed by atoms with Crippen molar-refractivity contribution in [1.82, 2.24) is 4.31 Å². The largest absolute Gasteiger partial charge is 1.00 e. The molecule has 0 unspecified atom stereocenters. The van der Waals surface area contributed by atoms with Crippen molar-refractivity contribution in [2.45, 2.75) is 39.7 Å². The SMILES string of the molecule is C.CCCCS(=O)(=O)N(C)CC[N+](C)(C)CCC[Si](OC)(OC)OC.[Cl-]. The van der Waals surface area contributed by atoms with Crippen molar-refractivity contribution in [2.24, 2.45) is 0 Å². The second-order valence-corrected chi connectivity index (χ2v) is 12.1. The van der Waals surface area contributed by atoms with E-state index in [0.717, 1.165) is 36.5 Å². The van der Waals surface area contributed by atoms with Crippen molar-refractivity contribution in [2.75, 3.05) is 67.9 Å². The molecule has 26 heavy (non-hydrogen) atoms. The molecule has 0 aromatic heterocycles. The first-order chi connectivity index (χ1) is 11.1. The average molecular weight is 437 g/mol. The summed E-state index contributed by atoms with van der Waals surface area (Å²) in [5.41, 5.74) is 0. The quantitative estimate of drug-likeness (QED) is 0.259. The zero-order chi connectivity index (χ0) is 18.9. The Balaban J connectivity index is -0.00000264. The van der Waals surface area contributed by atoms with Gasteiger partial charge < -0.3 is 30.2 Å². The normalized spacial score (nSPS) is 12.6. The lowest BCUT2D eigenvalue weighted by molar-refractivity contribution is -0.889. The van der Waals surface area contributed by atoms with Gasteiger partial charge >= 0.3 is 8.80 Å². The molecule has 0 aliphatic heterocycles. The molecule has 0 spiro atoms. The summed E-state index contributed by atoms with van der Waals surface area (Å²) in [5.74, 6) is 0.233. The van der Waals surface area contributed by atoms with Gasteiger partial charge in [0.05, 0.1) is 39.5 Å². The molecule has 0 radical (unpaired) electrons. The maximum Gasteiger partial charge on any atom is 0.500 e. The first-order valence-electron chi connectivity index (χ1n) is 8.49. The van der Waals surface area contributed by atoms with Gasteiger partial charge in [-0.1, -0.05) is 20.8 Å². The summed E-state index contributed by atoms with van der Waals surface area (Å²) in [6, 6.07) is 0.753. The van der Waals surface area contributed by atoms with E-state index in [1.165, 1.54) is 4.31 Å². The highest BCUT2D eigenvalue weighted by molar-refractivity contribution is 7.89. The van der Waals surface area contributed by atoms with E-state index < -0.39 is 18.8 Å². The van der Waals surface area contributed by atoms with Crippen LogP contribution in [0.25, 0.3) is 0 Å². The van der Waals surface area contributed by atoms with Crippen LogP contribution in [0.1, 0.15) is 33.6 Å². The number of hydrogen-bond donors (Lipinski definition) is 0. The van der Waals surface area contributed by atoms with Gasteiger partial charge in [-0.2, -0.15) is 4.31 Å². The van der Waals surface area contributed by atoms with E-state index in [4.69, 9.17) is 13.3 Å². The second-order valence-electron chi connectivity index (χ2n) is 6.77. The molecule has 0 N–H and O–H groups in total. The van der Waals surface area contributed by atoms with Crippen molar-refractivity contribution in [3.63, 3.8) is 0 Å². The molecule has 0 aromatic rings. The molecule has 0 rings (SSSR count). The molecule has 0 amide bonds. The summed E-state index contributed by atoms with van der Waals surface area (Å²) >= 11 is 0. The van der Waals surface area contributed by atoms with Gasteiger partial charge in [0.1, 0.15) is 0 Å². The van der Waals surface area contributed by atoms with E-state index >= 15 is 0 Å². The highest BCUT2D eigenvalue weighted by Gasteiger charge is 2.37. The molecule has 0 aromatic carbocycles. The van der Waals surface area contributed by atoms with Gasteiger partial charge in [0.25, 0.3) is 0 Å². The van der Waals surface area contributed by atoms with E-state index in [2.05, 4.69) is 14.1 Å². The summed E-state index contributed by atoms with van der Waals surface area (Å²) in [6.45, 7) is 4.20. The van der Waals surface area contributed by atoms with Crippen LogP contribution in [0.2, 0.25) is 6.04 Å². The number of sulfonamides is 1. The summed E-state index contributed by atoms with van der Waals surface area (Å²) in [6.07, 6.45) is 2.50. The number of hydrogen-bond acceptors (Lipinski definition) is 5. The Bertz CT molecular complexity index is 440. The summed E-state index contributed by atoms with van der Waals surface area (Å²) < 4.78 is 42.8. The van der Waals surface area contributed by atoms with Crippen LogP contribution in [0.4, 0.5) is 0 Å². The van der Waals surface area contributed by atoms with Crippen LogP contribution in [0.5, 0.6) is 0 Å². The lowest BCUT2D eigenvalue weighted by Crippen LogP contribution is -3.00. The second kappa shape index (κ2) is 14.3. The Labute approximate surface area is 169 Å². The summed E-state index contributed by atoms with van der Waals surface area (Å²) in [4.78, 5) is 0. The molecule has 0 atom stereocenters. The number of quaternary nitrogens is 1. The van der Waals surface area contributed by atoms with Crippen LogP contribution in [-0.4, -0.2) is 93.9 Å². The third kappa shape index (κ3) is 11.2. The third-order valence-electron chi connectivity index (χ3n) is 4.43. The molecule has 0 fully saturated rings. The van der Waals surface area contributed by atoms with E-state index in [-0.39, 0.29) is 25.6 Å². The Kier molecular flexibility index (Phi) is 17.0. The molecule has 0 saturated carbocycles. The lowest BCUT2D eigenvalue weighted by Gasteiger charge is -2.32. The molecule has 0 aliphatic rings. The highest BCUT2D eigenvalue weighted by Crippen LogP contribution is 2.16. The Morgan fingerprint density at radius 1 is 1.00 bits per heavy atom. The maximum atomic E-state index is 12.1. The topological polar surface area (TPSA) is 65.1 Å². The monoisotopic (exact) mass is 436 g/mol. The van der Waals surface area contributed by atoms with Crippen molar-refractivity contribution < 1.29 is 38.6 Å². The van der Waals surface area contributed by atoms with E-state index in [9.17, 15) is 8.42 Å². The van der Waals surface area contributed by atoms with Crippen LogP contribution < -0.4 is 12.4 Å². The van der Waals surface area contributed by atoms with Gasteiger partial charge in [-0.15, -0.1) is 0 Å². The zero-order valence-corrected chi connectivity index (χ0v) is 19.5. The minimum absolute atomic E-state index is 0. The Hall–Kier alpha value is 0.257. The molecule has 0 bridgehead atoms. The van der Waals surface area contributed by atoms with Crippen LogP contribution in [0.3, 0.4) is 0 Å². The fourth-order valence-electron chi connectivity index (χ4n) is 2.42. The molecule has 0 saturated heterocycles. The van der Waals surface area contributed by atoms with E-state index in [0.29, 0.717) is 13.0 Å². The predicted molar refractivity (Wildman–Crippen MR) is 106 cm³/mol. The molecular formula is C16H41ClN2O5SSi. The van der Waals surface area contributed by atoms with Gasteiger partial charge in [-0.3, -0.25) is 0 Å². The number of likely N-dealkylation sites (N-methyl/N-ethyl adjacent to an activating group) is 2. The van der Waals surface area contributed by atoms with Crippen molar-refractivity contribution in [3.8, 4) is 0 Å². The Morgan fingerprint density at radius 3 is 1.92 bits per heavy atom. The minimum atomic E-state index is -3.13. The van der Waals surface area contributed by atoms with Gasteiger partial charge in [0.2, 0.25) is 10.0 Å². The highest BCUT2D eigenvalue weighted by atomic mass is 35.5. The molecular weight excluding hydrogens is 396 g/mol. The van der Waals surface area contributed by atoms with Gasteiger partial charge in [0, 0.05) is 40.8 Å². The van der Waals surface area contributed by atoms with Crippen LogP contribution in [0.15, 0.2) is 0 Å². The number of halogens is 1. The molecule has 0 heterocycles. The third-order valence-corrected chi connectivity index (χ3v) is 9.20. The summed E-state index contributed by atoms with van der Waals surface area (Å²) in [7, 11) is 5.10. The van der Waals surface area contributed by atoms with Crippen LogP contribution in [-0.2, 0) is 23.3 Å². The van der Waals surface area contributed by atoms with Gasteiger partial charge in [-0.25, -0.2) is 8.42 Å². The van der Waals surface area contributed by atoms with Crippen LogP contribution in [0, 0.1) is 0 Å². The Morgan fingerprint density at radius 2 is 1.50 bits per heavy atom. The van der Waals surface area contributed by atoms with Crippen LogP contribution >= 0.6 is 0 Å². The molecule has 7 nitrogen and oxygen atoms in total. The molecule has 162 valence electrons. The predicted octanol–water partition coefficient (Wildman–Crippen LogP) is -0.967. The first-order valence-corrected chi connectivity index (χ1v) is 12.0.